The molecule has 0 fully saturated rings. The summed E-state index contributed by atoms with van der Waals surface area (Å²) in [5.41, 5.74) is 3.19. The van der Waals surface area contributed by atoms with Crippen molar-refractivity contribution in [1.29, 1.82) is 0 Å². The molecule has 1 unspecified atom stereocenters. The van der Waals surface area contributed by atoms with Crippen molar-refractivity contribution in [2.24, 2.45) is 5.92 Å². The average Bonchev–Trinajstić information content (AvgIpc) is 2.87. The lowest BCUT2D eigenvalue weighted by Gasteiger charge is -2.18. The number of carbonyl (C=O) groups excluding carboxylic acids is 1. The van der Waals surface area contributed by atoms with Crippen LogP contribution in [-0.2, 0) is 11.3 Å². The molecular weight excluding hydrogens is 426 g/mol. The van der Waals surface area contributed by atoms with Crippen molar-refractivity contribution < 1.29 is 19.0 Å². The van der Waals surface area contributed by atoms with Gasteiger partial charge in [-0.2, -0.15) is 0 Å². The first-order chi connectivity index (χ1) is 16.5. The van der Waals surface area contributed by atoms with E-state index in [4.69, 9.17) is 14.2 Å². The van der Waals surface area contributed by atoms with Crippen molar-refractivity contribution in [3.8, 4) is 28.4 Å². The highest BCUT2D eigenvalue weighted by Crippen LogP contribution is 2.28. The van der Waals surface area contributed by atoms with Gasteiger partial charge in [-0.1, -0.05) is 69.3 Å². The van der Waals surface area contributed by atoms with Crippen molar-refractivity contribution >= 4 is 5.91 Å². The molecule has 3 aromatic carbocycles. The van der Waals surface area contributed by atoms with E-state index in [-0.39, 0.29) is 5.91 Å². The van der Waals surface area contributed by atoms with Crippen molar-refractivity contribution in [3.63, 3.8) is 0 Å². The van der Waals surface area contributed by atoms with Gasteiger partial charge in [-0.25, -0.2) is 0 Å². The maximum atomic E-state index is 12.8. The lowest BCUT2D eigenvalue weighted by Crippen LogP contribution is -2.37. The van der Waals surface area contributed by atoms with E-state index in [1.807, 2.05) is 67.6 Å². The second-order valence-corrected chi connectivity index (χ2v) is 8.64. The van der Waals surface area contributed by atoms with Crippen LogP contribution in [0.2, 0.25) is 0 Å². The number of rotatable bonds is 12. The molecule has 3 aromatic rings. The molecule has 0 bridgehead atoms. The Kier molecular flexibility index (Phi) is 9.39. The summed E-state index contributed by atoms with van der Waals surface area (Å²) in [5, 5.41) is 2.98. The molecule has 0 spiro atoms. The van der Waals surface area contributed by atoms with E-state index in [0.717, 1.165) is 23.1 Å². The number of benzene rings is 3. The molecule has 0 aliphatic heterocycles. The fraction of sp³-hybridized carbons (Fsp3) is 0.345. The van der Waals surface area contributed by atoms with Crippen LogP contribution in [-0.4, -0.2) is 25.7 Å². The van der Waals surface area contributed by atoms with E-state index >= 15 is 0 Å². The third-order valence-corrected chi connectivity index (χ3v) is 5.55. The highest BCUT2D eigenvalue weighted by Gasteiger charge is 2.18. The van der Waals surface area contributed by atoms with Gasteiger partial charge in [0, 0.05) is 6.54 Å². The average molecular weight is 462 g/mol. The molecule has 5 heteroatoms. The molecule has 0 heterocycles. The Morgan fingerprint density at radius 3 is 2.26 bits per heavy atom. The Labute approximate surface area is 203 Å². The standard InChI is InChI=1S/C29H35NO4/c1-5-26(34-25-14-12-24(13-15-25)23-9-7-6-8-10-23)29(31)30-20-22-11-16-27(28(19-22)32-4)33-18-17-21(2)3/h6-16,19,21,26H,5,17-18,20H2,1-4H3,(H,30,31). The highest BCUT2D eigenvalue weighted by molar-refractivity contribution is 5.81. The van der Waals surface area contributed by atoms with Crippen LogP contribution in [0.25, 0.3) is 11.1 Å². The molecule has 34 heavy (non-hydrogen) atoms. The number of amides is 1. The Hall–Kier alpha value is -3.47. The SMILES string of the molecule is CCC(Oc1ccc(-c2ccccc2)cc1)C(=O)NCc1ccc(OCCC(C)C)c(OC)c1. The molecule has 0 aliphatic carbocycles. The normalized spacial score (nSPS) is 11.7. The lowest BCUT2D eigenvalue weighted by molar-refractivity contribution is -0.128. The van der Waals surface area contributed by atoms with Gasteiger partial charge in [-0.05, 0) is 59.7 Å². The number of nitrogens with one attached hydrogen (secondary N) is 1. The van der Waals surface area contributed by atoms with Gasteiger partial charge >= 0.3 is 0 Å². The maximum Gasteiger partial charge on any atom is 0.261 e. The molecule has 0 aromatic heterocycles. The zero-order valence-corrected chi connectivity index (χ0v) is 20.5. The smallest absolute Gasteiger partial charge is 0.261 e. The number of ether oxygens (including phenoxy) is 3. The predicted octanol–water partition coefficient (Wildman–Crippen LogP) is 6.26. The molecule has 1 N–H and O–H groups in total. The molecule has 3 rings (SSSR count). The fourth-order valence-electron chi connectivity index (χ4n) is 3.49. The van der Waals surface area contributed by atoms with Gasteiger partial charge in [0.15, 0.2) is 17.6 Å². The summed E-state index contributed by atoms with van der Waals surface area (Å²) in [7, 11) is 1.62. The summed E-state index contributed by atoms with van der Waals surface area (Å²) in [4.78, 5) is 12.8. The fourth-order valence-corrected chi connectivity index (χ4v) is 3.49. The van der Waals surface area contributed by atoms with Crippen LogP contribution in [0.15, 0.2) is 72.8 Å². The van der Waals surface area contributed by atoms with Crippen molar-refractivity contribution in [1.82, 2.24) is 5.32 Å². The first-order valence-electron chi connectivity index (χ1n) is 11.9. The van der Waals surface area contributed by atoms with Gasteiger partial charge in [-0.15, -0.1) is 0 Å². The number of methoxy groups -OCH3 is 1. The Morgan fingerprint density at radius 1 is 0.912 bits per heavy atom. The Balaban J connectivity index is 1.55. The van der Waals surface area contributed by atoms with Gasteiger partial charge in [0.25, 0.3) is 5.91 Å². The largest absolute Gasteiger partial charge is 0.493 e. The molecule has 0 radical (unpaired) electrons. The molecule has 0 saturated carbocycles. The van der Waals surface area contributed by atoms with Crippen LogP contribution in [0, 0.1) is 5.92 Å². The lowest BCUT2D eigenvalue weighted by atomic mass is 10.1. The summed E-state index contributed by atoms with van der Waals surface area (Å²) in [6.45, 7) is 7.30. The third-order valence-electron chi connectivity index (χ3n) is 5.55. The van der Waals surface area contributed by atoms with E-state index < -0.39 is 6.10 Å². The van der Waals surface area contributed by atoms with Crippen molar-refractivity contribution in [3.05, 3.63) is 78.4 Å². The highest BCUT2D eigenvalue weighted by atomic mass is 16.5. The van der Waals surface area contributed by atoms with Crippen LogP contribution in [0.4, 0.5) is 0 Å². The molecular formula is C29H35NO4. The van der Waals surface area contributed by atoms with Gasteiger partial charge in [-0.3, -0.25) is 4.79 Å². The second-order valence-electron chi connectivity index (χ2n) is 8.64. The number of hydrogen-bond donors (Lipinski definition) is 1. The van der Waals surface area contributed by atoms with Crippen molar-refractivity contribution in [2.75, 3.05) is 13.7 Å². The molecule has 5 nitrogen and oxygen atoms in total. The van der Waals surface area contributed by atoms with Crippen LogP contribution in [0.1, 0.15) is 39.2 Å². The van der Waals surface area contributed by atoms with Gasteiger partial charge < -0.3 is 19.5 Å². The van der Waals surface area contributed by atoms with Crippen LogP contribution in [0.3, 0.4) is 0 Å². The van der Waals surface area contributed by atoms with E-state index in [1.54, 1.807) is 7.11 Å². The summed E-state index contributed by atoms with van der Waals surface area (Å²) >= 11 is 0. The minimum Gasteiger partial charge on any atom is -0.493 e. The minimum atomic E-state index is -0.567. The number of carbonyl (C=O) groups is 1. The molecule has 0 saturated heterocycles. The van der Waals surface area contributed by atoms with Crippen LogP contribution in [0.5, 0.6) is 17.2 Å². The summed E-state index contributed by atoms with van der Waals surface area (Å²) < 4.78 is 17.3. The maximum absolute atomic E-state index is 12.8. The molecule has 1 atom stereocenters. The summed E-state index contributed by atoms with van der Waals surface area (Å²) in [5.74, 6) is 2.48. The molecule has 180 valence electrons. The summed E-state index contributed by atoms with van der Waals surface area (Å²) in [6, 6.07) is 23.7. The van der Waals surface area contributed by atoms with Crippen LogP contribution >= 0.6 is 0 Å². The third kappa shape index (κ3) is 7.27. The predicted molar refractivity (Wildman–Crippen MR) is 136 cm³/mol. The Bertz CT molecular complexity index is 1030. The van der Waals surface area contributed by atoms with E-state index in [2.05, 4.69) is 31.3 Å². The topological polar surface area (TPSA) is 56.8 Å². The zero-order chi connectivity index (χ0) is 24.3. The molecule has 1 amide bonds. The zero-order valence-electron chi connectivity index (χ0n) is 20.5. The van der Waals surface area contributed by atoms with E-state index in [0.29, 0.717) is 42.7 Å². The van der Waals surface area contributed by atoms with Gasteiger partial charge in [0.1, 0.15) is 5.75 Å². The monoisotopic (exact) mass is 461 g/mol. The summed E-state index contributed by atoms with van der Waals surface area (Å²) in [6.07, 6.45) is 0.982. The second kappa shape index (κ2) is 12.7. The quantitative estimate of drug-likeness (QED) is 0.346. The van der Waals surface area contributed by atoms with Gasteiger partial charge in [0.05, 0.1) is 13.7 Å². The van der Waals surface area contributed by atoms with Crippen LogP contribution < -0.4 is 19.5 Å². The minimum absolute atomic E-state index is 0.147. The van der Waals surface area contributed by atoms with E-state index in [1.165, 1.54) is 0 Å². The first-order valence-corrected chi connectivity index (χ1v) is 11.9. The van der Waals surface area contributed by atoms with Crippen molar-refractivity contribution in [2.45, 2.75) is 46.3 Å². The van der Waals surface area contributed by atoms with Gasteiger partial charge in [0.2, 0.25) is 0 Å². The van der Waals surface area contributed by atoms with E-state index in [9.17, 15) is 4.79 Å². The Morgan fingerprint density at radius 2 is 1.62 bits per heavy atom. The molecule has 0 aliphatic rings. The first kappa shape index (κ1) is 25.2. The number of hydrogen-bond acceptors (Lipinski definition) is 4.